The summed E-state index contributed by atoms with van der Waals surface area (Å²) in [4.78, 5) is 4.01. The Kier molecular flexibility index (Phi) is 3.16. The number of nitrogens with one attached hydrogen (secondary N) is 1. The highest BCUT2D eigenvalue weighted by Gasteiger charge is 2.19. The monoisotopic (exact) mass is 322 g/mol. The molecular formula is C18H14N2O2S. The number of hydrogen-bond donors (Lipinski definition) is 1. The highest BCUT2D eigenvalue weighted by atomic mass is 32.2. The first-order valence-corrected chi connectivity index (χ1v) is 8.76. The molecule has 0 fully saturated rings. The molecule has 0 radical (unpaired) electrons. The SMILES string of the molecule is O=S(=O)(Nc1ccc2c(c1)Cc1ccccc1-2)c1cccnc1. The van der Waals surface area contributed by atoms with E-state index in [1.165, 1.54) is 29.0 Å². The van der Waals surface area contributed by atoms with Crippen LogP contribution >= 0.6 is 0 Å². The van der Waals surface area contributed by atoms with Crippen molar-refractivity contribution < 1.29 is 8.42 Å². The Morgan fingerprint density at radius 2 is 1.74 bits per heavy atom. The molecule has 1 aromatic heterocycles. The second kappa shape index (κ2) is 5.21. The molecule has 0 saturated carbocycles. The second-order valence-corrected chi connectivity index (χ2v) is 7.18. The summed E-state index contributed by atoms with van der Waals surface area (Å²) in [5.41, 5.74) is 5.38. The van der Waals surface area contributed by atoms with E-state index in [1.54, 1.807) is 18.3 Å². The molecule has 0 spiro atoms. The molecule has 23 heavy (non-hydrogen) atoms. The zero-order valence-electron chi connectivity index (χ0n) is 12.2. The number of fused-ring (bicyclic) bond motifs is 3. The summed E-state index contributed by atoms with van der Waals surface area (Å²) in [6.07, 6.45) is 3.71. The van der Waals surface area contributed by atoms with Gasteiger partial charge in [0.15, 0.2) is 0 Å². The Bertz CT molecular complexity index is 983. The molecule has 0 amide bonds. The maximum Gasteiger partial charge on any atom is 0.263 e. The molecule has 4 nitrogen and oxygen atoms in total. The standard InChI is InChI=1S/C18H14N2O2S/c21-23(22,16-5-3-9-19-12-16)20-15-7-8-18-14(11-15)10-13-4-1-2-6-17(13)18/h1-9,11-12,20H,10H2. The van der Waals surface area contributed by atoms with Crippen LogP contribution in [0.15, 0.2) is 71.9 Å². The average molecular weight is 322 g/mol. The number of hydrogen-bond acceptors (Lipinski definition) is 3. The fourth-order valence-corrected chi connectivity index (χ4v) is 3.94. The zero-order valence-corrected chi connectivity index (χ0v) is 13.0. The van der Waals surface area contributed by atoms with Gasteiger partial charge in [-0.2, -0.15) is 0 Å². The van der Waals surface area contributed by atoms with E-state index in [4.69, 9.17) is 0 Å². The van der Waals surface area contributed by atoms with Crippen molar-refractivity contribution in [2.45, 2.75) is 11.3 Å². The number of benzene rings is 2. The average Bonchev–Trinajstić information content (AvgIpc) is 2.93. The highest BCUT2D eigenvalue weighted by molar-refractivity contribution is 7.92. The van der Waals surface area contributed by atoms with Crippen LogP contribution in [0.3, 0.4) is 0 Å². The predicted octanol–water partition coefficient (Wildman–Crippen LogP) is 3.45. The molecule has 5 heteroatoms. The first-order valence-electron chi connectivity index (χ1n) is 7.27. The molecule has 0 atom stereocenters. The Balaban J connectivity index is 1.67. The normalized spacial score (nSPS) is 12.5. The summed E-state index contributed by atoms with van der Waals surface area (Å²) in [6, 6.07) is 17.1. The molecule has 1 N–H and O–H groups in total. The van der Waals surface area contributed by atoms with Crippen molar-refractivity contribution in [3.8, 4) is 11.1 Å². The maximum atomic E-state index is 12.4. The highest BCUT2D eigenvalue weighted by Crippen LogP contribution is 2.37. The molecule has 3 aromatic rings. The lowest BCUT2D eigenvalue weighted by Crippen LogP contribution is -2.13. The van der Waals surface area contributed by atoms with Crippen LogP contribution in [0.4, 0.5) is 5.69 Å². The molecule has 0 bridgehead atoms. The molecule has 0 saturated heterocycles. The van der Waals surface area contributed by atoms with Gasteiger partial charge in [0.25, 0.3) is 10.0 Å². The second-order valence-electron chi connectivity index (χ2n) is 5.50. The van der Waals surface area contributed by atoms with Gasteiger partial charge in [0.1, 0.15) is 4.90 Å². The van der Waals surface area contributed by atoms with E-state index in [2.05, 4.69) is 21.8 Å². The summed E-state index contributed by atoms with van der Waals surface area (Å²) in [6.45, 7) is 0. The molecule has 1 aliphatic rings. The largest absolute Gasteiger partial charge is 0.280 e. The molecule has 1 heterocycles. The Hall–Kier alpha value is -2.66. The van der Waals surface area contributed by atoms with Gasteiger partial charge in [-0.25, -0.2) is 8.42 Å². The van der Waals surface area contributed by atoms with Gasteiger partial charge >= 0.3 is 0 Å². The summed E-state index contributed by atoms with van der Waals surface area (Å²) in [7, 11) is -3.61. The van der Waals surface area contributed by atoms with Gasteiger partial charge in [-0.3, -0.25) is 9.71 Å². The molecule has 0 aliphatic heterocycles. The van der Waals surface area contributed by atoms with E-state index < -0.39 is 10.0 Å². The van der Waals surface area contributed by atoms with Gasteiger partial charge in [-0.05, 0) is 52.9 Å². The third-order valence-electron chi connectivity index (χ3n) is 3.99. The third kappa shape index (κ3) is 2.49. The first kappa shape index (κ1) is 14.0. The van der Waals surface area contributed by atoms with Crippen LogP contribution in [0.5, 0.6) is 0 Å². The van der Waals surface area contributed by atoms with Crippen molar-refractivity contribution in [2.24, 2.45) is 0 Å². The van der Waals surface area contributed by atoms with Crippen LogP contribution in [-0.4, -0.2) is 13.4 Å². The Morgan fingerprint density at radius 1 is 0.913 bits per heavy atom. The van der Waals surface area contributed by atoms with Crippen LogP contribution < -0.4 is 4.72 Å². The Morgan fingerprint density at radius 3 is 2.57 bits per heavy atom. The van der Waals surface area contributed by atoms with Gasteiger partial charge in [0.05, 0.1) is 0 Å². The number of rotatable bonds is 3. The minimum atomic E-state index is -3.61. The van der Waals surface area contributed by atoms with Crippen molar-refractivity contribution >= 4 is 15.7 Å². The molecule has 2 aromatic carbocycles. The van der Waals surface area contributed by atoms with Crippen molar-refractivity contribution in [1.82, 2.24) is 4.98 Å². The lowest BCUT2D eigenvalue weighted by molar-refractivity contribution is 0.601. The summed E-state index contributed by atoms with van der Waals surface area (Å²) >= 11 is 0. The van der Waals surface area contributed by atoms with E-state index in [-0.39, 0.29) is 4.90 Å². The number of pyridine rings is 1. The number of anilines is 1. The minimum absolute atomic E-state index is 0.156. The van der Waals surface area contributed by atoms with Gasteiger partial charge in [-0.15, -0.1) is 0 Å². The fraction of sp³-hybridized carbons (Fsp3) is 0.0556. The maximum absolute atomic E-state index is 12.4. The zero-order chi connectivity index (χ0) is 15.9. The summed E-state index contributed by atoms with van der Waals surface area (Å²) in [5.74, 6) is 0. The van der Waals surface area contributed by atoms with E-state index in [0.29, 0.717) is 5.69 Å². The third-order valence-corrected chi connectivity index (χ3v) is 5.36. The number of nitrogens with zero attached hydrogens (tertiary/aromatic N) is 1. The molecule has 0 unspecified atom stereocenters. The van der Waals surface area contributed by atoms with Gasteiger partial charge < -0.3 is 0 Å². The first-order chi connectivity index (χ1) is 11.1. The lowest BCUT2D eigenvalue weighted by atomic mass is 10.1. The van der Waals surface area contributed by atoms with E-state index in [9.17, 15) is 8.42 Å². The van der Waals surface area contributed by atoms with Crippen molar-refractivity contribution in [2.75, 3.05) is 4.72 Å². The topological polar surface area (TPSA) is 59.1 Å². The molecule has 114 valence electrons. The smallest absolute Gasteiger partial charge is 0.263 e. The van der Waals surface area contributed by atoms with Crippen molar-refractivity contribution in [1.29, 1.82) is 0 Å². The van der Waals surface area contributed by atoms with Crippen LogP contribution in [0.25, 0.3) is 11.1 Å². The summed E-state index contributed by atoms with van der Waals surface area (Å²) < 4.78 is 27.4. The fourth-order valence-electron chi connectivity index (χ4n) is 2.93. The van der Waals surface area contributed by atoms with Gasteiger partial charge in [0.2, 0.25) is 0 Å². The van der Waals surface area contributed by atoms with Gasteiger partial charge in [0, 0.05) is 18.1 Å². The quantitative estimate of drug-likeness (QED) is 0.628. The van der Waals surface area contributed by atoms with E-state index in [0.717, 1.165) is 12.0 Å². The predicted molar refractivity (Wildman–Crippen MR) is 89.7 cm³/mol. The van der Waals surface area contributed by atoms with Crippen LogP contribution in [0.1, 0.15) is 11.1 Å². The van der Waals surface area contributed by atoms with Crippen molar-refractivity contribution in [3.05, 3.63) is 78.1 Å². The summed E-state index contributed by atoms with van der Waals surface area (Å²) in [5, 5.41) is 0. The Labute approximate surface area is 134 Å². The lowest BCUT2D eigenvalue weighted by Gasteiger charge is -2.09. The molecule has 1 aliphatic carbocycles. The van der Waals surface area contributed by atoms with Crippen molar-refractivity contribution in [3.63, 3.8) is 0 Å². The number of sulfonamides is 1. The molecular weight excluding hydrogens is 308 g/mol. The van der Waals surface area contributed by atoms with Crippen LogP contribution in [0.2, 0.25) is 0 Å². The van der Waals surface area contributed by atoms with Gasteiger partial charge in [-0.1, -0.05) is 30.3 Å². The van der Waals surface area contributed by atoms with E-state index in [1.807, 2.05) is 24.3 Å². The van der Waals surface area contributed by atoms with E-state index >= 15 is 0 Å². The van der Waals surface area contributed by atoms with Crippen LogP contribution in [-0.2, 0) is 16.4 Å². The molecule has 4 rings (SSSR count). The van der Waals surface area contributed by atoms with Crippen LogP contribution in [0, 0.1) is 0 Å². The minimum Gasteiger partial charge on any atom is -0.280 e. The number of aromatic nitrogens is 1.